The smallest absolute Gasteiger partial charge is 0.338 e. The molecule has 0 bridgehead atoms. The van der Waals surface area contributed by atoms with E-state index >= 15 is 0 Å². The number of carbonyl (C=O) groups is 3. The lowest BCUT2D eigenvalue weighted by atomic mass is 10.1. The minimum absolute atomic E-state index is 0.00255. The number of sulfonamides is 1. The number of hydrogen-bond donors (Lipinski definition) is 2. The van der Waals surface area contributed by atoms with Gasteiger partial charge in [0.05, 0.1) is 23.7 Å². The first-order valence-corrected chi connectivity index (χ1v) is 10.6. The van der Waals surface area contributed by atoms with Crippen molar-refractivity contribution < 1.29 is 32.3 Å². The molecule has 10 nitrogen and oxygen atoms in total. The van der Waals surface area contributed by atoms with Gasteiger partial charge in [0.2, 0.25) is 10.0 Å². The molecule has 1 saturated heterocycles. The van der Waals surface area contributed by atoms with Crippen LogP contribution < -0.4 is 10.6 Å². The maximum atomic E-state index is 12.9. The van der Waals surface area contributed by atoms with Gasteiger partial charge >= 0.3 is 12.0 Å². The molecule has 0 radical (unpaired) electrons. The van der Waals surface area contributed by atoms with Crippen LogP contribution in [-0.2, 0) is 24.3 Å². The van der Waals surface area contributed by atoms with Crippen LogP contribution in [0.5, 0.6) is 0 Å². The molecule has 3 amide bonds. The normalized spacial score (nSPS) is 14.8. The fraction of sp³-hybridized carbons (Fsp3) is 0.500. The summed E-state index contributed by atoms with van der Waals surface area (Å²) < 4.78 is 37.1. The number of ether oxygens (including phenoxy) is 2. The number of hydrogen-bond acceptors (Lipinski definition) is 7. The lowest BCUT2D eigenvalue weighted by Crippen LogP contribution is -2.41. The molecule has 2 N–H and O–H groups in total. The second-order valence-electron chi connectivity index (χ2n) is 6.38. The number of rotatable bonds is 7. The number of aryl methyl sites for hydroxylation is 1. The van der Waals surface area contributed by atoms with Crippen molar-refractivity contribution in [1.29, 1.82) is 0 Å². The molecular weight excluding hydrogens is 402 g/mol. The average molecular weight is 427 g/mol. The Morgan fingerprint density at radius 3 is 2.55 bits per heavy atom. The summed E-state index contributed by atoms with van der Waals surface area (Å²) in [6, 6.07) is 3.47. The molecule has 11 heteroatoms. The highest BCUT2D eigenvalue weighted by Crippen LogP contribution is 2.22. The van der Waals surface area contributed by atoms with E-state index in [0.29, 0.717) is 31.7 Å². The summed E-state index contributed by atoms with van der Waals surface area (Å²) in [5.74, 6) is -1.66. The fourth-order valence-corrected chi connectivity index (χ4v) is 4.25. The molecule has 0 atom stereocenters. The van der Waals surface area contributed by atoms with Crippen molar-refractivity contribution >= 4 is 27.9 Å². The van der Waals surface area contributed by atoms with Gasteiger partial charge in [-0.05, 0) is 31.0 Å². The minimum Gasteiger partial charge on any atom is -0.452 e. The van der Waals surface area contributed by atoms with Gasteiger partial charge in [0.25, 0.3) is 5.91 Å². The Hall–Kier alpha value is -2.50. The van der Waals surface area contributed by atoms with Gasteiger partial charge in [-0.25, -0.2) is 18.0 Å². The highest BCUT2D eigenvalue weighted by molar-refractivity contribution is 7.89. The van der Waals surface area contributed by atoms with Gasteiger partial charge in [0.15, 0.2) is 6.61 Å². The third-order valence-corrected chi connectivity index (χ3v) is 6.18. The van der Waals surface area contributed by atoms with Gasteiger partial charge < -0.3 is 14.8 Å². The highest BCUT2D eigenvalue weighted by atomic mass is 32.2. The van der Waals surface area contributed by atoms with Crippen LogP contribution >= 0.6 is 0 Å². The molecule has 0 aromatic heterocycles. The number of carbonyl (C=O) groups excluding carboxylic acids is 3. The molecule has 1 heterocycles. The lowest BCUT2D eigenvalue weighted by Gasteiger charge is -2.26. The van der Waals surface area contributed by atoms with Gasteiger partial charge in [-0.15, -0.1) is 0 Å². The maximum absolute atomic E-state index is 12.9. The third-order valence-electron chi connectivity index (χ3n) is 4.13. The number of urea groups is 1. The zero-order valence-corrected chi connectivity index (χ0v) is 17.2. The van der Waals surface area contributed by atoms with Gasteiger partial charge in [0, 0.05) is 19.6 Å². The van der Waals surface area contributed by atoms with Crippen molar-refractivity contribution in [2.24, 2.45) is 0 Å². The van der Waals surface area contributed by atoms with Crippen LogP contribution in [0.4, 0.5) is 4.79 Å². The van der Waals surface area contributed by atoms with Crippen molar-refractivity contribution in [3.63, 3.8) is 0 Å². The van der Waals surface area contributed by atoms with Gasteiger partial charge in [-0.2, -0.15) is 4.31 Å². The van der Waals surface area contributed by atoms with Gasteiger partial charge in [-0.1, -0.05) is 13.0 Å². The van der Waals surface area contributed by atoms with Crippen molar-refractivity contribution in [2.75, 3.05) is 39.5 Å². The quantitative estimate of drug-likeness (QED) is 0.603. The monoisotopic (exact) mass is 427 g/mol. The first-order chi connectivity index (χ1) is 13.8. The van der Waals surface area contributed by atoms with Crippen molar-refractivity contribution in [2.45, 2.75) is 25.2 Å². The third kappa shape index (κ3) is 6.24. The van der Waals surface area contributed by atoms with E-state index in [1.54, 1.807) is 6.92 Å². The Labute approximate surface area is 169 Å². The number of esters is 1. The van der Waals surface area contributed by atoms with Crippen LogP contribution in [0.15, 0.2) is 23.1 Å². The first kappa shape index (κ1) is 22.8. The Bertz CT molecular complexity index is 864. The van der Waals surface area contributed by atoms with E-state index in [1.165, 1.54) is 22.5 Å². The number of benzene rings is 1. The summed E-state index contributed by atoms with van der Waals surface area (Å²) in [6.45, 7) is 4.31. The number of imide groups is 1. The molecule has 1 aromatic carbocycles. The van der Waals surface area contributed by atoms with Crippen LogP contribution in [0.1, 0.15) is 29.3 Å². The van der Waals surface area contributed by atoms with E-state index in [4.69, 9.17) is 9.47 Å². The Kier molecular flexibility index (Phi) is 8.11. The van der Waals surface area contributed by atoms with E-state index < -0.39 is 34.5 Å². The summed E-state index contributed by atoms with van der Waals surface area (Å²) in [7, 11) is -3.79. The first-order valence-electron chi connectivity index (χ1n) is 9.19. The summed E-state index contributed by atoms with van der Waals surface area (Å²) in [4.78, 5) is 35.3. The molecule has 1 aliphatic rings. The second-order valence-corrected chi connectivity index (χ2v) is 8.28. The number of morpholine rings is 1. The topological polar surface area (TPSA) is 131 Å². The zero-order chi connectivity index (χ0) is 21.4. The molecule has 2 rings (SSSR count). The molecule has 29 heavy (non-hydrogen) atoms. The molecule has 0 saturated carbocycles. The van der Waals surface area contributed by atoms with E-state index in [2.05, 4.69) is 5.32 Å². The summed E-state index contributed by atoms with van der Waals surface area (Å²) >= 11 is 0. The summed E-state index contributed by atoms with van der Waals surface area (Å²) in [5.41, 5.74) is 0.476. The average Bonchev–Trinajstić information content (AvgIpc) is 2.71. The lowest BCUT2D eigenvalue weighted by molar-refractivity contribution is -0.123. The maximum Gasteiger partial charge on any atom is 0.338 e. The molecular formula is C18H25N3O7S. The largest absolute Gasteiger partial charge is 0.452 e. The molecule has 1 fully saturated rings. The second kappa shape index (κ2) is 10.3. The predicted molar refractivity (Wildman–Crippen MR) is 103 cm³/mol. The van der Waals surface area contributed by atoms with Crippen molar-refractivity contribution in [3.8, 4) is 0 Å². The minimum atomic E-state index is -3.79. The van der Waals surface area contributed by atoms with E-state index in [0.717, 1.165) is 0 Å². The van der Waals surface area contributed by atoms with Gasteiger partial charge in [0.1, 0.15) is 0 Å². The van der Waals surface area contributed by atoms with Crippen LogP contribution in [0, 0.1) is 6.92 Å². The Morgan fingerprint density at radius 2 is 1.90 bits per heavy atom. The number of amides is 3. The fourth-order valence-electron chi connectivity index (χ4n) is 2.59. The van der Waals surface area contributed by atoms with Crippen LogP contribution in [0.2, 0.25) is 0 Å². The zero-order valence-electron chi connectivity index (χ0n) is 16.4. The van der Waals surface area contributed by atoms with E-state index in [9.17, 15) is 22.8 Å². The molecule has 0 spiro atoms. The molecule has 1 aromatic rings. The molecule has 0 unspecified atom stereocenters. The van der Waals surface area contributed by atoms with E-state index in [-0.39, 0.29) is 23.5 Å². The Balaban J connectivity index is 2.03. The van der Waals surface area contributed by atoms with E-state index in [1.807, 2.05) is 12.2 Å². The standard InChI is InChI=1S/C18H25N3O7S/c1-3-6-19-18(24)20-16(22)12-28-17(23)14-5-4-13(2)15(11-14)29(25,26)21-7-9-27-10-8-21/h4-5,11H,3,6-10,12H2,1-2H3,(H2,19,20,22,24). The summed E-state index contributed by atoms with van der Waals surface area (Å²) in [6.07, 6.45) is 0.708. The predicted octanol–water partition coefficient (Wildman–Crippen LogP) is 0.409. The SMILES string of the molecule is CCCNC(=O)NC(=O)COC(=O)c1ccc(C)c(S(=O)(=O)N2CCOCC2)c1. The number of nitrogens with zero attached hydrogens (tertiary/aromatic N) is 1. The highest BCUT2D eigenvalue weighted by Gasteiger charge is 2.28. The summed E-state index contributed by atoms with van der Waals surface area (Å²) in [5, 5.41) is 4.48. The molecule has 1 aliphatic heterocycles. The molecule has 0 aliphatic carbocycles. The number of nitrogens with one attached hydrogen (secondary N) is 2. The van der Waals surface area contributed by atoms with Crippen molar-refractivity contribution in [1.82, 2.24) is 14.9 Å². The molecule has 160 valence electrons. The van der Waals surface area contributed by atoms with Gasteiger partial charge in [-0.3, -0.25) is 10.1 Å². The van der Waals surface area contributed by atoms with Crippen LogP contribution in [-0.4, -0.2) is 70.1 Å². The van der Waals surface area contributed by atoms with Crippen molar-refractivity contribution in [3.05, 3.63) is 29.3 Å². The Morgan fingerprint density at radius 1 is 1.21 bits per heavy atom. The van der Waals surface area contributed by atoms with Crippen LogP contribution in [0.3, 0.4) is 0 Å². The van der Waals surface area contributed by atoms with Crippen LogP contribution in [0.25, 0.3) is 0 Å².